The van der Waals surface area contributed by atoms with E-state index in [-0.39, 0.29) is 22.0 Å². The van der Waals surface area contributed by atoms with Crippen LogP contribution in [0.25, 0.3) is 10.9 Å². The van der Waals surface area contributed by atoms with Crippen molar-refractivity contribution in [2.24, 2.45) is 7.05 Å². The molecule has 2 aromatic carbocycles. The quantitative estimate of drug-likeness (QED) is 0.538. The molecule has 1 heterocycles. The number of benzene rings is 2. The van der Waals surface area contributed by atoms with Crippen LogP contribution in [0.5, 0.6) is 0 Å². The Morgan fingerprint density at radius 3 is 2.62 bits per heavy atom. The number of halogens is 2. The first kappa shape index (κ1) is 17.9. The number of nitrogens with zero attached hydrogens (tertiary/aromatic N) is 2. The van der Waals surface area contributed by atoms with E-state index in [9.17, 15) is 19.7 Å². The highest BCUT2D eigenvalue weighted by Crippen LogP contribution is 2.27. The van der Waals surface area contributed by atoms with Crippen molar-refractivity contribution in [1.29, 1.82) is 0 Å². The molecule has 0 fully saturated rings. The van der Waals surface area contributed by atoms with Crippen molar-refractivity contribution < 1.29 is 9.72 Å². The Labute approximate surface area is 156 Å². The van der Waals surface area contributed by atoms with Crippen LogP contribution in [0.4, 0.5) is 11.4 Å². The molecule has 132 valence electrons. The number of carbonyl (C=O) groups is 1. The Bertz CT molecular complexity index is 1120. The average molecular weight is 392 g/mol. The molecule has 0 unspecified atom stereocenters. The van der Waals surface area contributed by atoms with Gasteiger partial charge in [0.25, 0.3) is 11.6 Å². The Morgan fingerprint density at radius 1 is 1.19 bits per heavy atom. The summed E-state index contributed by atoms with van der Waals surface area (Å²) in [5.41, 5.74) is -0.165. The molecule has 1 N–H and O–H groups in total. The first-order valence-corrected chi connectivity index (χ1v) is 8.07. The summed E-state index contributed by atoms with van der Waals surface area (Å²) in [5.74, 6) is -0.691. The molecule has 26 heavy (non-hydrogen) atoms. The molecule has 0 spiro atoms. The third-order valence-corrected chi connectivity index (χ3v) is 4.35. The van der Waals surface area contributed by atoms with Crippen molar-refractivity contribution in [3.63, 3.8) is 0 Å². The van der Waals surface area contributed by atoms with E-state index >= 15 is 0 Å². The summed E-state index contributed by atoms with van der Waals surface area (Å²) in [5, 5.41) is 14.1. The maximum absolute atomic E-state index is 12.6. The molecule has 0 bridgehead atoms. The second-order valence-electron chi connectivity index (χ2n) is 5.52. The Balaban J connectivity index is 2.03. The number of aromatic nitrogens is 1. The zero-order valence-corrected chi connectivity index (χ0v) is 14.8. The topological polar surface area (TPSA) is 94.2 Å². The van der Waals surface area contributed by atoms with Crippen LogP contribution in [0.1, 0.15) is 10.4 Å². The molecule has 3 aromatic rings. The summed E-state index contributed by atoms with van der Waals surface area (Å²) in [7, 11) is 1.69. The molecule has 9 heteroatoms. The van der Waals surface area contributed by atoms with Gasteiger partial charge >= 0.3 is 0 Å². The molecule has 0 radical (unpaired) electrons. The van der Waals surface area contributed by atoms with Gasteiger partial charge in [-0.05, 0) is 30.3 Å². The maximum Gasteiger partial charge on any atom is 0.289 e. The van der Waals surface area contributed by atoms with Crippen LogP contribution in [0, 0.1) is 10.1 Å². The molecule has 0 saturated carbocycles. The largest absolute Gasteiger partial charge is 0.350 e. The molecule has 0 saturated heterocycles. The minimum absolute atomic E-state index is 0.0516. The number of nitro benzene ring substituents is 1. The Hall–Kier alpha value is -2.90. The smallest absolute Gasteiger partial charge is 0.289 e. The molecule has 0 aliphatic carbocycles. The molecule has 0 aliphatic rings. The molecule has 0 atom stereocenters. The minimum Gasteiger partial charge on any atom is -0.350 e. The van der Waals surface area contributed by atoms with Gasteiger partial charge in [0.05, 0.1) is 10.4 Å². The van der Waals surface area contributed by atoms with E-state index < -0.39 is 16.3 Å². The van der Waals surface area contributed by atoms with Gasteiger partial charge in [-0.1, -0.05) is 23.2 Å². The fourth-order valence-corrected chi connectivity index (χ4v) is 2.91. The zero-order valence-electron chi connectivity index (χ0n) is 13.3. The summed E-state index contributed by atoms with van der Waals surface area (Å²) in [6, 6.07) is 8.66. The van der Waals surface area contributed by atoms with Gasteiger partial charge in [-0.2, -0.15) is 0 Å². The van der Waals surface area contributed by atoms with Crippen LogP contribution >= 0.6 is 23.2 Å². The fraction of sp³-hybridized carbons (Fsp3) is 0.0588. The number of pyridine rings is 1. The predicted octanol–water partition coefficient (Wildman–Crippen LogP) is 4.01. The lowest BCUT2D eigenvalue weighted by Gasteiger charge is -2.10. The Kier molecular flexibility index (Phi) is 4.67. The van der Waals surface area contributed by atoms with Gasteiger partial charge in [0.1, 0.15) is 10.6 Å². The van der Waals surface area contributed by atoms with Gasteiger partial charge in [-0.3, -0.25) is 19.7 Å². The van der Waals surface area contributed by atoms with Crippen LogP contribution in [0.3, 0.4) is 0 Å². The van der Waals surface area contributed by atoms with Gasteiger partial charge in [-0.15, -0.1) is 0 Å². The van der Waals surface area contributed by atoms with E-state index in [0.717, 1.165) is 6.07 Å². The highest BCUT2D eigenvalue weighted by molar-refractivity contribution is 6.32. The molecular weight excluding hydrogens is 381 g/mol. The van der Waals surface area contributed by atoms with Crippen LogP contribution in [0.15, 0.2) is 47.4 Å². The number of aryl methyl sites for hydroxylation is 1. The molecule has 0 aliphatic heterocycles. The summed E-state index contributed by atoms with van der Waals surface area (Å²) in [6.07, 6.45) is 1.40. The molecule has 7 nitrogen and oxygen atoms in total. The van der Waals surface area contributed by atoms with Gasteiger partial charge < -0.3 is 9.88 Å². The number of hydrogen-bond donors (Lipinski definition) is 1. The lowest BCUT2D eigenvalue weighted by molar-refractivity contribution is -0.384. The number of nitro groups is 1. The average Bonchev–Trinajstić information content (AvgIpc) is 2.59. The van der Waals surface area contributed by atoms with Gasteiger partial charge in [0.2, 0.25) is 5.43 Å². The highest BCUT2D eigenvalue weighted by atomic mass is 35.5. The first-order chi connectivity index (χ1) is 12.3. The number of fused-ring (bicyclic) bond motifs is 1. The monoisotopic (exact) mass is 391 g/mol. The van der Waals surface area contributed by atoms with E-state index in [4.69, 9.17) is 23.2 Å². The third kappa shape index (κ3) is 3.26. The zero-order chi connectivity index (χ0) is 19.0. The van der Waals surface area contributed by atoms with Crippen molar-refractivity contribution in [3.05, 3.63) is 78.5 Å². The lowest BCUT2D eigenvalue weighted by Crippen LogP contribution is -2.23. The third-order valence-electron chi connectivity index (χ3n) is 3.80. The van der Waals surface area contributed by atoms with E-state index in [1.54, 1.807) is 23.7 Å². The van der Waals surface area contributed by atoms with Crippen molar-refractivity contribution in [2.45, 2.75) is 0 Å². The van der Waals surface area contributed by atoms with Crippen molar-refractivity contribution in [1.82, 2.24) is 4.57 Å². The molecular formula is C17H11Cl2N3O4. The van der Waals surface area contributed by atoms with Crippen molar-refractivity contribution >= 4 is 51.4 Å². The van der Waals surface area contributed by atoms with Crippen molar-refractivity contribution in [3.8, 4) is 0 Å². The maximum atomic E-state index is 12.6. The number of amides is 1. The first-order valence-electron chi connectivity index (χ1n) is 7.32. The molecule has 1 aromatic heterocycles. The van der Waals surface area contributed by atoms with Crippen LogP contribution in [-0.2, 0) is 7.05 Å². The SMILES string of the molecule is Cn1cc(C(=O)Nc2ccc(Cl)c([N+](=O)[O-])c2)c(=O)c2cc(Cl)ccc21. The van der Waals surface area contributed by atoms with E-state index in [1.807, 2.05) is 0 Å². The summed E-state index contributed by atoms with van der Waals surface area (Å²) in [6.45, 7) is 0. The number of anilines is 1. The predicted molar refractivity (Wildman–Crippen MR) is 100 cm³/mol. The number of rotatable bonds is 3. The van der Waals surface area contributed by atoms with Gasteiger partial charge in [0, 0.05) is 35.4 Å². The van der Waals surface area contributed by atoms with Gasteiger partial charge in [-0.25, -0.2) is 0 Å². The standard InChI is InChI=1S/C17H11Cl2N3O4/c1-21-8-12(16(23)11-6-9(18)2-5-14(11)21)17(24)20-10-3-4-13(19)15(7-10)22(25)26/h2-8H,1H3,(H,20,24). The van der Waals surface area contributed by atoms with E-state index in [2.05, 4.69) is 5.32 Å². The van der Waals surface area contributed by atoms with Crippen LogP contribution in [-0.4, -0.2) is 15.4 Å². The van der Waals surface area contributed by atoms with Crippen LogP contribution in [0.2, 0.25) is 10.0 Å². The lowest BCUT2D eigenvalue weighted by atomic mass is 10.1. The number of hydrogen-bond acceptors (Lipinski definition) is 4. The second kappa shape index (κ2) is 6.78. The fourth-order valence-electron chi connectivity index (χ4n) is 2.56. The minimum atomic E-state index is -0.691. The summed E-state index contributed by atoms with van der Waals surface area (Å²) in [4.78, 5) is 35.4. The highest BCUT2D eigenvalue weighted by Gasteiger charge is 2.18. The number of carbonyl (C=O) groups excluding carboxylic acids is 1. The Morgan fingerprint density at radius 2 is 1.92 bits per heavy atom. The van der Waals surface area contributed by atoms with Crippen molar-refractivity contribution in [2.75, 3.05) is 5.32 Å². The second-order valence-corrected chi connectivity index (χ2v) is 6.37. The van der Waals surface area contributed by atoms with E-state index in [0.29, 0.717) is 15.9 Å². The summed E-state index contributed by atoms with van der Waals surface area (Å²) >= 11 is 11.7. The summed E-state index contributed by atoms with van der Waals surface area (Å²) < 4.78 is 1.63. The van der Waals surface area contributed by atoms with Crippen LogP contribution < -0.4 is 10.7 Å². The number of nitrogens with one attached hydrogen (secondary N) is 1. The van der Waals surface area contributed by atoms with Gasteiger partial charge in [0.15, 0.2) is 0 Å². The normalized spacial score (nSPS) is 10.7. The van der Waals surface area contributed by atoms with E-state index in [1.165, 1.54) is 24.4 Å². The molecule has 1 amide bonds. The molecule has 3 rings (SSSR count).